The molecule has 0 aliphatic rings. The molecule has 0 spiro atoms. The van der Waals surface area contributed by atoms with Crippen molar-refractivity contribution < 1.29 is 14.3 Å². The van der Waals surface area contributed by atoms with Gasteiger partial charge < -0.3 is 14.8 Å². The number of aromatic nitrogens is 3. The third kappa shape index (κ3) is 5.73. The number of benzene rings is 3. The fourth-order valence-electron chi connectivity index (χ4n) is 3.38. The zero-order chi connectivity index (χ0) is 24.8. The predicted molar refractivity (Wildman–Crippen MR) is 140 cm³/mol. The van der Waals surface area contributed by atoms with Gasteiger partial charge in [-0.3, -0.25) is 9.36 Å². The molecule has 1 aromatic heterocycles. The molecular weight excluding hydrogens is 507 g/mol. The van der Waals surface area contributed by atoms with E-state index in [4.69, 9.17) is 32.7 Å². The first kappa shape index (κ1) is 24.9. The average molecular weight is 529 g/mol. The quantitative estimate of drug-likeness (QED) is 0.254. The molecule has 0 fully saturated rings. The van der Waals surface area contributed by atoms with Crippen LogP contribution in [0.25, 0.3) is 17.1 Å². The maximum absolute atomic E-state index is 12.7. The molecule has 0 bridgehead atoms. The highest BCUT2D eigenvalue weighted by Crippen LogP contribution is 2.34. The summed E-state index contributed by atoms with van der Waals surface area (Å²) in [6.45, 7) is 2.51. The van der Waals surface area contributed by atoms with Crippen LogP contribution in [0.1, 0.15) is 6.92 Å². The predicted octanol–water partition coefficient (Wildman–Crippen LogP) is 6.38. The molecule has 0 unspecified atom stereocenters. The molecule has 10 heteroatoms. The number of rotatable bonds is 9. The van der Waals surface area contributed by atoms with E-state index in [1.807, 2.05) is 60.0 Å². The fraction of sp³-hybridized carbons (Fsp3) is 0.160. The van der Waals surface area contributed by atoms with Crippen molar-refractivity contribution in [2.24, 2.45) is 0 Å². The Hall–Kier alpha value is -3.20. The van der Waals surface area contributed by atoms with E-state index < -0.39 is 0 Å². The zero-order valence-electron chi connectivity index (χ0n) is 19.0. The third-order valence-corrected chi connectivity index (χ3v) is 6.51. The molecule has 0 atom stereocenters. The second-order valence-corrected chi connectivity index (χ2v) is 8.96. The highest BCUT2D eigenvalue weighted by Gasteiger charge is 2.20. The van der Waals surface area contributed by atoms with Crippen LogP contribution in [0, 0.1) is 0 Å². The first-order valence-electron chi connectivity index (χ1n) is 10.7. The molecule has 1 heterocycles. The maximum Gasteiger partial charge on any atom is 0.234 e. The van der Waals surface area contributed by atoms with E-state index in [-0.39, 0.29) is 11.7 Å². The molecule has 0 radical (unpaired) electrons. The van der Waals surface area contributed by atoms with E-state index >= 15 is 0 Å². The van der Waals surface area contributed by atoms with Crippen LogP contribution in [0.4, 0.5) is 5.69 Å². The monoisotopic (exact) mass is 528 g/mol. The second kappa shape index (κ2) is 11.5. The molecule has 7 nitrogen and oxygen atoms in total. The van der Waals surface area contributed by atoms with E-state index in [0.717, 1.165) is 17.0 Å². The van der Waals surface area contributed by atoms with E-state index in [2.05, 4.69) is 15.5 Å². The van der Waals surface area contributed by atoms with Crippen molar-refractivity contribution in [1.29, 1.82) is 0 Å². The average Bonchev–Trinajstić information content (AvgIpc) is 3.29. The van der Waals surface area contributed by atoms with Gasteiger partial charge in [0.25, 0.3) is 0 Å². The van der Waals surface area contributed by atoms with Crippen molar-refractivity contribution in [3.8, 4) is 28.6 Å². The van der Waals surface area contributed by atoms with Crippen LogP contribution < -0.4 is 14.8 Å². The molecule has 4 rings (SSSR count). The van der Waals surface area contributed by atoms with Gasteiger partial charge in [0.1, 0.15) is 11.5 Å². The second-order valence-electron chi connectivity index (χ2n) is 7.20. The van der Waals surface area contributed by atoms with Gasteiger partial charge in [-0.1, -0.05) is 53.2 Å². The zero-order valence-corrected chi connectivity index (χ0v) is 21.3. The number of methoxy groups -OCH3 is 1. The number of para-hydroxylation sites is 2. The van der Waals surface area contributed by atoms with E-state index in [0.29, 0.717) is 39.1 Å². The standard InChI is InChI=1S/C25H22Cl2N4O3S/c1-3-34-17-13-11-16(12-14-17)31-24(18-7-4-5-10-21(18)33-2)29-30-25(31)35-15-22(32)28-23-19(26)8-6-9-20(23)27/h4-14H,3,15H2,1-2H3,(H,28,32). The maximum atomic E-state index is 12.7. The molecule has 0 saturated carbocycles. The first-order chi connectivity index (χ1) is 17.0. The van der Waals surface area contributed by atoms with Gasteiger partial charge in [0.2, 0.25) is 5.91 Å². The van der Waals surface area contributed by atoms with E-state index in [1.54, 1.807) is 25.3 Å². The van der Waals surface area contributed by atoms with Gasteiger partial charge in [-0.15, -0.1) is 10.2 Å². The van der Waals surface area contributed by atoms with E-state index in [9.17, 15) is 4.79 Å². The summed E-state index contributed by atoms with van der Waals surface area (Å²) in [7, 11) is 1.61. The lowest BCUT2D eigenvalue weighted by Crippen LogP contribution is -2.15. The molecule has 4 aromatic rings. The lowest BCUT2D eigenvalue weighted by atomic mass is 10.2. The summed E-state index contributed by atoms with van der Waals surface area (Å²) < 4.78 is 13.0. The highest BCUT2D eigenvalue weighted by atomic mass is 35.5. The van der Waals surface area contributed by atoms with Crippen molar-refractivity contribution in [3.05, 3.63) is 76.8 Å². The third-order valence-electron chi connectivity index (χ3n) is 4.95. The summed E-state index contributed by atoms with van der Waals surface area (Å²) in [6, 6.07) is 20.2. The van der Waals surface area contributed by atoms with Crippen LogP contribution in [0.5, 0.6) is 11.5 Å². The molecule has 0 aliphatic carbocycles. The Morgan fingerprint density at radius 1 is 1.00 bits per heavy atom. The molecule has 180 valence electrons. The summed E-state index contributed by atoms with van der Waals surface area (Å²) >= 11 is 13.6. The Balaban J connectivity index is 1.65. The number of anilines is 1. The Morgan fingerprint density at radius 3 is 2.40 bits per heavy atom. The topological polar surface area (TPSA) is 78.3 Å². The summed E-state index contributed by atoms with van der Waals surface area (Å²) in [5.74, 6) is 1.81. The number of thioether (sulfide) groups is 1. The summed E-state index contributed by atoms with van der Waals surface area (Å²) in [5.41, 5.74) is 1.97. The summed E-state index contributed by atoms with van der Waals surface area (Å²) in [6.07, 6.45) is 0. The minimum atomic E-state index is -0.273. The van der Waals surface area contributed by atoms with Crippen LogP contribution >= 0.6 is 35.0 Å². The minimum Gasteiger partial charge on any atom is -0.496 e. The van der Waals surface area contributed by atoms with Crippen molar-refractivity contribution >= 4 is 46.6 Å². The molecule has 1 amide bonds. The number of carbonyl (C=O) groups excluding carboxylic acids is 1. The smallest absolute Gasteiger partial charge is 0.234 e. The summed E-state index contributed by atoms with van der Waals surface area (Å²) in [4.78, 5) is 12.7. The largest absolute Gasteiger partial charge is 0.496 e. The number of carbonyl (C=O) groups is 1. The number of hydrogen-bond donors (Lipinski definition) is 1. The van der Waals surface area contributed by atoms with Gasteiger partial charge in [-0.25, -0.2) is 0 Å². The van der Waals surface area contributed by atoms with Crippen LogP contribution in [-0.4, -0.2) is 40.1 Å². The van der Waals surface area contributed by atoms with Gasteiger partial charge in [0.05, 0.1) is 46.5 Å². The molecule has 1 N–H and O–H groups in total. The highest BCUT2D eigenvalue weighted by molar-refractivity contribution is 7.99. The van der Waals surface area contributed by atoms with Crippen LogP contribution in [0.15, 0.2) is 71.9 Å². The van der Waals surface area contributed by atoms with Gasteiger partial charge in [-0.2, -0.15) is 0 Å². The van der Waals surface area contributed by atoms with Crippen molar-refractivity contribution in [1.82, 2.24) is 14.8 Å². The van der Waals surface area contributed by atoms with E-state index in [1.165, 1.54) is 11.8 Å². The first-order valence-corrected chi connectivity index (χ1v) is 12.4. The van der Waals surface area contributed by atoms with Gasteiger partial charge >= 0.3 is 0 Å². The number of nitrogens with one attached hydrogen (secondary N) is 1. The molecule has 0 saturated heterocycles. The van der Waals surface area contributed by atoms with Crippen LogP contribution in [0.3, 0.4) is 0 Å². The number of amides is 1. The molecular formula is C25H22Cl2N4O3S. The van der Waals surface area contributed by atoms with Gasteiger partial charge in [0.15, 0.2) is 11.0 Å². The number of ether oxygens (including phenoxy) is 2. The summed E-state index contributed by atoms with van der Waals surface area (Å²) in [5, 5.41) is 12.8. The lowest BCUT2D eigenvalue weighted by molar-refractivity contribution is -0.113. The van der Waals surface area contributed by atoms with Crippen LogP contribution in [-0.2, 0) is 4.79 Å². The molecule has 3 aromatic carbocycles. The number of nitrogens with zero attached hydrogens (tertiary/aromatic N) is 3. The SMILES string of the molecule is CCOc1ccc(-n2c(SCC(=O)Nc3c(Cl)cccc3Cl)nnc2-c2ccccc2OC)cc1. The van der Waals surface area contributed by atoms with Crippen molar-refractivity contribution in [2.45, 2.75) is 12.1 Å². The van der Waals surface area contributed by atoms with Gasteiger partial charge in [0, 0.05) is 0 Å². The number of hydrogen-bond acceptors (Lipinski definition) is 6. The van der Waals surface area contributed by atoms with Crippen LogP contribution in [0.2, 0.25) is 10.0 Å². The molecule has 35 heavy (non-hydrogen) atoms. The Labute approximate surface area is 217 Å². The number of halogens is 2. The van der Waals surface area contributed by atoms with Gasteiger partial charge in [-0.05, 0) is 55.5 Å². The fourth-order valence-corrected chi connectivity index (χ4v) is 4.62. The lowest BCUT2D eigenvalue weighted by Gasteiger charge is -2.13. The van der Waals surface area contributed by atoms with Crippen molar-refractivity contribution in [2.75, 3.05) is 24.8 Å². The normalized spacial score (nSPS) is 10.7. The minimum absolute atomic E-state index is 0.0721. The molecule has 0 aliphatic heterocycles. The Morgan fingerprint density at radius 2 is 1.71 bits per heavy atom. The Kier molecular flexibility index (Phi) is 8.17. The Bertz CT molecular complexity index is 1310. The van der Waals surface area contributed by atoms with Crippen molar-refractivity contribution in [3.63, 3.8) is 0 Å².